The molecule has 6 nitrogen and oxygen atoms in total. The fourth-order valence-corrected chi connectivity index (χ4v) is 3.98. The van der Waals surface area contributed by atoms with Gasteiger partial charge in [-0.05, 0) is 36.8 Å². The van der Waals surface area contributed by atoms with E-state index in [9.17, 15) is 9.59 Å². The van der Waals surface area contributed by atoms with Crippen LogP contribution in [0.4, 0.5) is 0 Å². The lowest BCUT2D eigenvalue weighted by atomic mass is 9.99. The quantitative estimate of drug-likeness (QED) is 0.713. The minimum Gasteiger partial charge on any atom is -0.496 e. The molecule has 0 saturated carbocycles. The van der Waals surface area contributed by atoms with Crippen LogP contribution in [0.25, 0.3) is 10.9 Å². The van der Waals surface area contributed by atoms with E-state index >= 15 is 0 Å². The number of carbonyl (C=O) groups is 2. The highest BCUT2D eigenvalue weighted by Gasteiger charge is 2.31. The Bertz CT molecular complexity index is 1120. The van der Waals surface area contributed by atoms with Crippen molar-refractivity contribution in [1.82, 2.24) is 9.88 Å². The van der Waals surface area contributed by atoms with Crippen LogP contribution in [0.3, 0.4) is 0 Å². The summed E-state index contributed by atoms with van der Waals surface area (Å²) < 4.78 is 5.31. The van der Waals surface area contributed by atoms with Crippen molar-refractivity contribution in [1.29, 1.82) is 0 Å². The molecular formula is C22H20ClN3O3. The number of pyridine rings is 1. The molecule has 0 radical (unpaired) electrons. The van der Waals surface area contributed by atoms with Gasteiger partial charge in [0.15, 0.2) is 0 Å². The molecule has 1 atom stereocenters. The Hall–Kier alpha value is -3.12. The molecule has 0 spiro atoms. The average molecular weight is 410 g/mol. The summed E-state index contributed by atoms with van der Waals surface area (Å²) in [6.45, 7) is 1.08. The molecule has 1 saturated heterocycles. The van der Waals surface area contributed by atoms with Gasteiger partial charge in [0, 0.05) is 35.1 Å². The number of aromatic nitrogens is 1. The van der Waals surface area contributed by atoms with Crippen molar-refractivity contribution in [3.63, 3.8) is 0 Å². The molecule has 2 N–H and O–H groups in total. The van der Waals surface area contributed by atoms with E-state index < -0.39 is 5.91 Å². The molecule has 0 bridgehead atoms. The van der Waals surface area contributed by atoms with Crippen LogP contribution in [-0.2, 0) is 0 Å². The number of amides is 2. The number of rotatable bonds is 4. The first kappa shape index (κ1) is 19.2. The normalized spacial score (nSPS) is 16.2. The minimum absolute atomic E-state index is 0.0202. The van der Waals surface area contributed by atoms with Crippen molar-refractivity contribution in [2.45, 2.75) is 12.3 Å². The van der Waals surface area contributed by atoms with Gasteiger partial charge in [0.25, 0.3) is 5.91 Å². The monoisotopic (exact) mass is 409 g/mol. The Balaban J connectivity index is 1.63. The molecule has 1 fully saturated rings. The summed E-state index contributed by atoms with van der Waals surface area (Å²) in [5.41, 5.74) is 7.96. The first-order valence-electron chi connectivity index (χ1n) is 9.30. The maximum atomic E-state index is 13.0. The van der Waals surface area contributed by atoms with Gasteiger partial charge in [0.1, 0.15) is 5.75 Å². The summed E-state index contributed by atoms with van der Waals surface area (Å²) >= 11 is 6.07. The third-order valence-electron chi connectivity index (χ3n) is 5.29. The summed E-state index contributed by atoms with van der Waals surface area (Å²) in [6, 6.07) is 14.2. The van der Waals surface area contributed by atoms with E-state index in [1.165, 1.54) is 7.11 Å². The number of hydrogen-bond donors (Lipinski definition) is 1. The second-order valence-electron chi connectivity index (χ2n) is 7.06. The van der Waals surface area contributed by atoms with Gasteiger partial charge >= 0.3 is 0 Å². The van der Waals surface area contributed by atoms with Crippen LogP contribution < -0.4 is 10.5 Å². The molecule has 148 valence electrons. The topological polar surface area (TPSA) is 85.5 Å². The largest absolute Gasteiger partial charge is 0.496 e. The van der Waals surface area contributed by atoms with Crippen molar-refractivity contribution in [3.8, 4) is 5.75 Å². The highest BCUT2D eigenvalue weighted by molar-refractivity contribution is 6.31. The highest BCUT2D eigenvalue weighted by atomic mass is 35.5. The van der Waals surface area contributed by atoms with Crippen LogP contribution in [0, 0.1) is 0 Å². The van der Waals surface area contributed by atoms with Gasteiger partial charge in [0.05, 0.1) is 23.8 Å². The number of halogens is 1. The molecule has 1 aliphatic heterocycles. The van der Waals surface area contributed by atoms with E-state index in [2.05, 4.69) is 0 Å². The standard InChI is InChI=1S/C22H20ClN3O3/c1-29-20-7-6-14(23)10-17(20)22(28)26-9-8-13(12-26)19-11-16(21(24)27)15-4-2-3-5-18(15)25-19/h2-7,10-11,13H,8-9,12H2,1H3,(H2,24,27). The number of methoxy groups -OCH3 is 1. The number of fused-ring (bicyclic) bond motifs is 1. The fraction of sp³-hybridized carbons (Fsp3) is 0.227. The molecule has 1 aliphatic rings. The second kappa shape index (κ2) is 7.72. The molecule has 2 amide bonds. The Labute approximate surface area is 173 Å². The average Bonchev–Trinajstić information content (AvgIpc) is 3.22. The Morgan fingerprint density at radius 2 is 1.97 bits per heavy atom. The van der Waals surface area contributed by atoms with E-state index in [1.807, 2.05) is 24.3 Å². The molecule has 2 aromatic carbocycles. The zero-order valence-corrected chi connectivity index (χ0v) is 16.6. The molecule has 1 aromatic heterocycles. The summed E-state index contributed by atoms with van der Waals surface area (Å²) in [5, 5.41) is 1.21. The van der Waals surface area contributed by atoms with Crippen LogP contribution in [0.2, 0.25) is 5.02 Å². The van der Waals surface area contributed by atoms with E-state index in [1.54, 1.807) is 29.2 Å². The zero-order chi connectivity index (χ0) is 20.5. The van der Waals surface area contributed by atoms with Crippen LogP contribution in [0.1, 0.15) is 38.7 Å². The molecule has 2 heterocycles. The van der Waals surface area contributed by atoms with E-state index in [0.717, 1.165) is 23.0 Å². The number of hydrogen-bond acceptors (Lipinski definition) is 4. The predicted octanol–water partition coefficient (Wildman–Crippen LogP) is 3.63. The number of nitrogens with two attached hydrogens (primary N) is 1. The first-order valence-corrected chi connectivity index (χ1v) is 9.68. The summed E-state index contributed by atoms with van der Waals surface area (Å²) in [4.78, 5) is 31.5. The van der Waals surface area contributed by atoms with Gasteiger partial charge in [-0.15, -0.1) is 0 Å². The zero-order valence-electron chi connectivity index (χ0n) is 15.9. The van der Waals surface area contributed by atoms with Gasteiger partial charge in [-0.3, -0.25) is 14.6 Å². The van der Waals surface area contributed by atoms with E-state index in [4.69, 9.17) is 27.1 Å². The maximum absolute atomic E-state index is 13.0. The van der Waals surface area contributed by atoms with Crippen molar-refractivity contribution in [3.05, 3.63) is 70.4 Å². The third kappa shape index (κ3) is 3.63. The van der Waals surface area contributed by atoms with E-state index in [0.29, 0.717) is 35.0 Å². The van der Waals surface area contributed by atoms with Crippen molar-refractivity contribution >= 4 is 34.3 Å². The fourth-order valence-electron chi connectivity index (χ4n) is 3.81. The number of ether oxygens (including phenoxy) is 1. The van der Waals surface area contributed by atoms with Gasteiger partial charge in [-0.1, -0.05) is 29.8 Å². The summed E-state index contributed by atoms with van der Waals surface area (Å²) in [5.74, 6) is -0.114. The molecule has 7 heteroatoms. The van der Waals surface area contributed by atoms with Gasteiger partial charge < -0.3 is 15.4 Å². The van der Waals surface area contributed by atoms with Crippen LogP contribution in [0.15, 0.2) is 48.5 Å². The third-order valence-corrected chi connectivity index (χ3v) is 5.52. The molecular weight excluding hydrogens is 390 g/mol. The highest BCUT2D eigenvalue weighted by Crippen LogP contribution is 2.32. The Morgan fingerprint density at radius 1 is 1.17 bits per heavy atom. The van der Waals surface area contributed by atoms with Gasteiger partial charge in [0.2, 0.25) is 5.91 Å². The van der Waals surface area contributed by atoms with Gasteiger partial charge in [-0.25, -0.2) is 0 Å². The molecule has 1 unspecified atom stereocenters. The molecule has 4 rings (SSSR count). The summed E-state index contributed by atoms with van der Waals surface area (Å²) in [7, 11) is 1.52. The van der Waals surface area contributed by atoms with Crippen molar-refractivity contribution in [2.24, 2.45) is 5.73 Å². The first-order chi connectivity index (χ1) is 14.0. The molecule has 29 heavy (non-hydrogen) atoms. The molecule has 3 aromatic rings. The van der Waals surface area contributed by atoms with Gasteiger partial charge in [-0.2, -0.15) is 0 Å². The van der Waals surface area contributed by atoms with E-state index in [-0.39, 0.29) is 11.8 Å². The number of para-hydroxylation sites is 1. The van der Waals surface area contributed by atoms with Crippen molar-refractivity contribution in [2.75, 3.05) is 20.2 Å². The predicted molar refractivity (Wildman–Crippen MR) is 112 cm³/mol. The summed E-state index contributed by atoms with van der Waals surface area (Å²) in [6.07, 6.45) is 0.748. The number of primary amides is 1. The Kier molecular flexibility index (Phi) is 5.11. The maximum Gasteiger partial charge on any atom is 0.257 e. The van der Waals surface area contributed by atoms with Crippen LogP contribution in [0.5, 0.6) is 5.75 Å². The number of likely N-dealkylation sites (tertiary alicyclic amines) is 1. The second-order valence-corrected chi connectivity index (χ2v) is 7.49. The lowest BCUT2D eigenvalue weighted by Gasteiger charge is -2.18. The smallest absolute Gasteiger partial charge is 0.257 e. The van der Waals surface area contributed by atoms with Crippen LogP contribution in [-0.4, -0.2) is 41.9 Å². The SMILES string of the molecule is COc1ccc(Cl)cc1C(=O)N1CCC(c2cc(C(N)=O)c3ccccc3n2)C1. The van der Waals surface area contributed by atoms with Crippen molar-refractivity contribution < 1.29 is 14.3 Å². The number of carbonyl (C=O) groups excluding carboxylic acids is 2. The molecule has 0 aliphatic carbocycles. The minimum atomic E-state index is -0.487. The lowest BCUT2D eigenvalue weighted by Crippen LogP contribution is -2.29. The number of benzene rings is 2. The number of nitrogens with zero attached hydrogens (tertiary/aromatic N) is 2. The van der Waals surface area contributed by atoms with Crippen LogP contribution >= 0.6 is 11.6 Å². The lowest BCUT2D eigenvalue weighted by molar-refractivity contribution is 0.0787. The Morgan fingerprint density at radius 3 is 2.72 bits per heavy atom.